The molecule has 0 aliphatic carbocycles. The lowest BCUT2D eigenvalue weighted by molar-refractivity contribution is -0.116. The average molecular weight is 447 g/mol. The quantitative estimate of drug-likeness (QED) is 0.500. The van der Waals surface area contributed by atoms with E-state index in [-0.39, 0.29) is 17.9 Å². The summed E-state index contributed by atoms with van der Waals surface area (Å²) in [5.41, 5.74) is 3.38. The normalized spacial score (nSPS) is 15.6. The summed E-state index contributed by atoms with van der Waals surface area (Å²) in [5.74, 6) is 2.89. The van der Waals surface area contributed by atoms with E-state index in [4.69, 9.17) is 14.6 Å². The number of rotatable bonds is 5. The maximum absolute atomic E-state index is 12.8. The van der Waals surface area contributed by atoms with E-state index in [9.17, 15) is 4.79 Å². The van der Waals surface area contributed by atoms with Crippen LogP contribution in [-0.2, 0) is 4.79 Å². The highest BCUT2D eigenvalue weighted by Crippen LogP contribution is 2.42. The van der Waals surface area contributed by atoms with Crippen molar-refractivity contribution in [2.75, 3.05) is 12.4 Å². The van der Waals surface area contributed by atoms with E-state index in [0.717, 1.165) is 16.8 Å². The molecule has 1 N–H and O–H groups in total. The Morgan fingerprint density at radius 3 is 2.67 bits per heavy atom. The lowest BCUT2D eigenvalue weighted by atomic mass is 9.85. The van der Waals surface area contributed by atoms with E-state index in [2.05, 4.69) is 20.6 Å². The average Bonchev–Trinajstić information content (AvgIpc) is 3.32. The fraction of sp³-hybridized carbons (Fsp3) is 0.348. The molecule has 4 aromatic rings. The number of hydrogen-bond acceptors (Lipinski definition) is 7. The predicted octanol–water partition coefficient (Wildman–Crippen LogP) is 3.20. The minimum absolute atomic E-state index is 0.00836. The molecule has 0 bridgehead atoms. The Labute approximate surface area is 190 Å². The zero-order valence-corrected chi connectivity index (χ0v) is 19.2. The minimum atomic E-state index is -0.178. The van der Waals surface area contributed by atoms with Crippen molar-refractivity contribution in [3.63, 3.8) is 0 Å². The Morgan fingerprint density at radius 1 is 1.09 bits per heavy atom. The van der Waals surface area contributed by atoms with Crippen LogP contribution in [0.3, 0.4) is 0 Å². The van der Waals surface area contributed by atoms with Gasteiger partial charge in [-0.15, -0.1) is 15.3 Å². The summed E-state index contributed by atoms with van der Waals surface area (Å²) in [6.45, 7) is 7.71. The maximum atomic E-state index is 12.8. The van der Waals surface area contributed by atoms with Crippen molar-refractivity contribution in [1.82, 2.24) is 29.6 Å². The van der Waals surface area contributed by atoms with Gasteiger partial charge in [-0.2, -0.15) is 14.3 Å². The number of anilines is 1. The van der Waals surface area contributed by atoms with Gasteiger partial charge in [-0.25, -0.2) is 0 Å². The minimum Gasteiger partial charge on any atom is -0.493 e. The second-order valence-electron chi connectivity index (χ2n) is 8.35. The molecule has 4 heterocycles. The summed E-state index contributed by atoms with van der Waals surface area (Å²) >= 11 is 0. The number of nitrogens with one attached hydrogen (secondary N) is 1. The Bertz CT molecular complexity index is 1370. The van der Waals surface area contributed by atoms with Crippen molar-refractivity contribution >= 4 is 17.4 Å². The first kappa shape index (κ1) is 20.9. The lowest BCUT2D eigenvalue weighted by Gasteiger charge is -2.25. The van der Waals surface area contributed by atoms with Crippen molar-refractivity contribution in [1.29, 1.82) is 0 Å². The molecule has 1 aliphatic heterocycles. The largest absolute Gasteiger partial charge is 0.493 e. The third kappa shape index (κ3) is 3.57. The van der Waals surface area contributed by atoms with Crippen LogP contribution in [0.15, 0.2) is 30.3 Å². The van der Waals surface area contributed by atoms with Crippen LogP contribution in [0.25, 0.3) is 11.5 Å². The fourth-order valence-electron chi connectivity index (χ4n) is 4.25. The number of benzene rings is 1. The summed E-state index contributed by atoms with van der Waals surface area (Å²) in [5, 5.41) is 20.5. The molecule has 10 heteroatoms. The first-order valence-electron chi connectivity index (χ1n) is 10.8. The zero-order valence-electron chi connectivity index (χ0n) is 19.2. The monoisotopic (exact) mass is 447 g/mol. The number of nitrogens with zero attached hydrogens (tertiary/aromatic N) is 6. The van der Waals surface area contributed by atoms with Crippen LogP contribution in [0.2, 0.25) is 0 Å². The van der Waals surface area contributed by atoms with E-state index in [1.54, 1.807) is 16.3 Å². The molecular formula is C23H25N7O3. The number of aromatic nitrogens is 6. The van der Waals surface area contributed by atoms with Gasteiger partial charge in [0.2, 0.25) is 5.91 Å². The van der Waals surface area contributed by atoms with E-state index in [0.29, 0.717) is 41.0 Å². The number of fused-ring (bicyclic) bond motifs is 2. The van der Waals surface area contributed by atoms with Crippen molar-refractivity contribution in [2.45, 2.75) is 46.1 Å². The number of hydrogen-bond donors (Lipinski definition) is 1. The van der Waals surface area contributed by atoms with E-state index in [1.807, 2.05) is 58.0 Å². The van der Waals surface area contributed by atoms with Crippen LogP contribution in [0.1, 0.15) is 48.8 Å². The van der Waals surface area contributed by atoms with Gasteiger partial charge in [-0.05, 0) is 57.5 Å². The van der Waals surface area contributed by atoms with Gasteiger partial charge in [-0.1, -0.05) is 6.07 Å². The molecule has 0 saturated heterocycles. The Hall–Kier alpha value is -3.95. The third-order valence-electron chi connectivity index (χ3n) is 5.68. The van der Waals surface area contributed by atoms with Gasteiger partial charge >= 0.3 is 0 Å². The van der Waals surface area contributed by atoms with Gasteiger partial charge in [0.25, 0.3) is 0 Å². The van der Waals surface area contributed by atoms with Crippen molar-refractivity contribution < 1.29 is 14.3 Å². The Morgan fingerprint density at radius 2 is 1.91 bits per heavy atom. The van der Waals surface area contributed by atoms with Crippen LogP contribution in [0.4, 0.5) is 5.82 Å². The molecule has 1 amide bonds. The molecule has 0 saturated carbocycles. The van der Waals surface area contributed by atoms with E-state index in [1.165, 1.54) is 0 Å². The number of aryl methyl sites for hydroxylation is 2. The van der Waals surface area contributed by atoms with Crippen LogP contribution in [0, 0.1) is 13.8 Å². The number of ether oxygens (including phenoxy) is 2. The van der Waals surface area contributed by atoms with E-state index < -0.39 is 0 Å². The third-order valence-corrected chi connectivity index (χ3v) is 5.68. The molecular weight excluding hydrogens is 422 g/mol. The SMILES string of the molecule is COc1ccc([C@H]2CC(=O)Nc3c2c(C)nn3-c2ccc3nnc(C)n3n2)cc1OC(C)C. The van der Waals surface area contributed by atoms with Crippen molar-refractivity contribution in [2.24, 2.45) is 0 Å². The molecule has 3 aromatic heterocycles. The first-order valence-corrected chi connectivity index (χ1v) is 10.8. The standard InChI is InChI=1S/C23H25N7O3/c1-12(2)33-18-10-15(6-7-17(18)32-5)16-11-21(31)24-23-22(16)13(3)27-30(23)20-9-8-19-26-25-14(4)29(19)28-20/h6-10,12,16H,11H2,1-5H3,(H,24,31)/t16-/m1/s1. The molecule has 1 aromatic carbocycles. The Kier molecular flexibility index (Phi) is 4.99. The summed E-state index contributed by atoms with van der Waals surface area (Å²) in [6, 6.07) is 9.44. The Balaban J connectivity index is 1.62. The summed E-state index contributed by atoms with van der Waals surface area (Å²) < 4.78 is 14.7. The predicted molar refractivity (Wildman–Crippen MR) is 121 cm³/mol. The lowest BCUT2D eigenvalue weighted by Crippen LogP contribution is -2.25. The smallest absolute Gasteiger partial charge is 0.226 e. The summed E-state index contributed by atoms with van der Waals surface area (Å²) in [4.78, 5) is 12.8. The zero-order chi connectivity index (χ0) is 23.3. The van der Waals surface area contributed by atoms with Crippen molar-refractivity contribution in [3.8, 4) is 17.3 Å². The molecule has 0 radical (unpaired) electrons. The van der Waals surface area contributed by atoms with Crippen LogP contribution in [-0.4, -0.2) is 48.7 Å². The number of carbonyl (C=O) groups excluding carboxylic acids is 1. The fourth-order valence-corrected chi connectivity index (χ4v) is 4.25. The molecule has 5 rings (SSSR count). The van der Waals surface area contributed by atoms with Gasteiger partial charge in [-0.3, -0.25) is 4.79 Å². The van der Waals surface area contributed by atoms with Gasteiger partial charge < -0.3 is 14.8 Å². The van der Waals surface area contributed by atoms with Crippen LogP contribution in [0.5, 0.6) is 11.5 Å². The highest BCUT2D eigenvalue weighted by Gasteiger charge is 2.33. The highest BCUT2D eigenvalue weighted by molar-refractivity contribution is 5.95. The van der Waals surface area contributed by atoms with E-state index >= 15 is 0 Å². The van der Waals surface area contributed by atoms with Crippen LogP contribution >= 0.6 is 0 Å². The summed E-state index contributed by atoms with van der Waals surface area (Å²) in [7, 11) is 1.61. The number of methoxy groups -OCH3 is 1. The molecule has 33 heavy (non-hydrogen) atoms. The second-order valence-corrected chi connectivity index (χ2v) is 8.35. The summed E-state index contributed by atoms with van der Waals surface area (Å²) in [6.07, 6.45) is 0.301. The highest BCUT2D eigenvalue weighted by atomic mass is 16.5. The first-order chi connectivity index (χ1) is 15.9. The maximum Gasteiger partial charge on any atom is 0.226 e. The van der Waals surface area contributed by atoms with Gasteiger partial charge in [0.05, 0.1) is 18.9 Å². The van der Waals surface area contributed by atoms with Gasteiger partial charge in [0.15, 0.2) is 28.8 Å². The molecule has 0 fully saturated rings. The number of carbonyl (C=O) groups is 1. The molecule has 0 spiro atoms. The van der Waals surface area contributed by atoms with Gasteiger partial charge in [0, 0.05) is 17.9 Å². The topological polar surface area (TPSA) is 108 Å². The molecule has 1 aliphatic rings. The second kappa shape index (κ2) is 7.88. The molecule has 10 nitrogen and oxygen atoms in total. The molecule has 0 unspecified atom stereocenters. The van der Waals surface area contributed by atoms with Crippen molar-refractivity contribution in [3.05, 3.63) is 53.0 Å². The van der Waals surface area contributed by atoms with Gasteiger partial charge in [0.1, 0.15) is 5.82 Å². The van der Waals surface area contributed by atoms with Crippen LogP contribution < -0.4 is 14.8 Å². The number of amides is 1. The molecule has 170 valence electrons. The molecule has 1 atom stereocenters.